The van der Waals surface area contributed by atoms with Gasteiger partial charge in [-0.15, -0.1) is 0 Å². The van der Waals surface area contributed by atoms with Crippen molar-refractivity contribution in [2.45, 2.75) is 12.8 Å². The predicted octanol–water partition coefficient (Wildman–Crippen LogP) is 1.50. The standard InChI is InChI=1S/C10H14FNO/c11-10(6-12)8-13-7-9-4-2-1-3-5-9/h1-5,10H,6-8,12H2. The van der Waals surface area contributed by atoms with Crippen LogP contribution in [0.4, 0.5) is 4.39 Å². The summed E-state index contributed by atoms with van der Waals surface area (Å²) in [6.45, 7) is 0.543. The Morgan fingerprint density at radius 1 is 1.31 bits per heavy atom. The molecule has 1 aromatic rings. The highest BCUT2D eigenvalue weighted by Gasteiger charge is 2.02. The lowest BCUT2D eigenvalue weighted by Crippen LogP contribution is -2.20. The van der Waals surface area contributed by atoms with Gasteiger partial charge in [-0.3, -0.25) is 0 Å². The van der Waals surface area contributed by atoms with E-state index in [-0.39, 0.29) is 13.2 Å². The van der Waals surface area contributed by atoms with Crippen LogP contribution in [0, 0.1) is 0 Å². The van der Waals surface area contributed by atoms with Crippen LogP contribution in [-0.4, -0.2) is 19.3 Å². The lowest BCUT2D eigenvalue weighted by atomic mass is 10.2. The van der Waals surface area contributed by atoms with E-state index in [4.69, 9.17) is 10.5 Å². The SMILES string of the molecule is NCC(F)COCc1ccccc1. The van der Waals surface area contributed by atoms with Gasteiger partial charge in [0.15, 0.2) is 0 Å². The molecule has 2 nitrogen and oxygen atoms in total. The van der Waals surface area contributed by atoms with Crippen LogP contribution >= 0.6 is 0 Å². The van der Waals surface area contributed by atoms with Crippen molar-refractivity contribution in [3.05, 3.63) is 35.9 Å². The molecule has 0 saturated carbocycles. The van der Waals surface area contributed by atoms with Crippen molar-refractivity contribution >= 4 is 0 Å². The second kappa shape index (κ2) is 5.67. The van der Waals surface area contributed by atoms with Crippen LogP contribution in [0.3, 0.4) is 0 Å². The minimum atomic E-state index is -1.05. The monoisotopic (exact) mass is 183 g/mol. The average Bonchev–Trinajstić information content (AvgIpc) is 2.19. The largest absolute Gasteiger partial charge is 0.374 e. The van der Waals surface area contributed by atoms with Crippen molar-refractivity contribution in [1.29, 1.82) is 0 Å². The maximum atomic E-state index is 12.6. The van der Waals surface area contributed by atoms with Crippen molar-refractivity contribution in [3.8, 4) is 0 Å². The lowest BCUT2D eigenvalue weighted by Gasteiger charge is -2.06. The second-order valence-electron chi connectivity index (χ2n) is 2.83. The van der Waals surface area contributed by atoms with Gasteiger partial charge in [0.25, 0.3) is 0 Å². The van der Waals surface area contributed by atoms with Crippen molar-refractivity contribution in [2.24, 2.45) is 5.73 Å². The van der Waals surface area contributed by atoms with Crippen molar-refractivity contribution in [3.63, 3.8) is 0 Å². The van der Waals surface area contributed by atoms with Gasteiger partial charge < -0.3 is 10.5 Å². The number of nitrogens with two attached hydrogens (primary N) is 1. The van der Waals surface area contributed by atoms with Crippen LogP contribution in [0.15, 0.2) is 30.3 Å². The maximum Gasteiger partial charge on any atom is 0.135 e. The minimum Gasteiger partial charge on any atom is -0.374 e. The Labute approximate surface area is 77.5 Å². The van der Waals surface area contributed by atoms with Crippen LogP contribution in [0.25, 0.3) is 0 Å². The van der Waals surface area contributed by atoms with Crippen molar-refractivity contribution in [2.75, 3.05) is 13.2 Å². The van der Waals surface area contributed by atoms with Gasteiger partial charge in [0.2, 0.25) is 0 Å². The molecule has 0 saturated heterocycles. The van der Waals surface area contributed by atoms with Crippen LogP contribution in [0.5, 0.6) is 0 Å². The third kappa shape index (κ3) is 4.01. The van der Waals surface area contributed by atoms with Gasteiger partial charge in [-0.25, -0.2) is 4.39 Å². The van der Waals surface area contributed by atoms with Crippen molar-refractivity contribution < 1.29 is 9.13 Å². The van der Waals surface area contributed by atoms with Crippen LogP contribution in [-0.2, 0) is 11.3 Å². The fraction of sp³-hybridized carbons (Fsp3) is 0.400. The summed E-state index contributed by atoms with van der Waals surface area (Å²) in [4.78, 5) is 0. The van der Waals surface area contributed by atoms with E-state index < -0.39 is 6.17 Å². The summed E-state index contributed by atoms with van der Waals surface area (Å²) in [6.07, 6.45) is -1.05. The van der Waals surface area contributed by atoms with Crippen LogP contribution < -0.4 is 5.73 Å². The molecule has 0 aliphatic heterocycles. The first-order valence-electron chi connectivity index (χ1n) is 4.28. The second-order valence-corrected chi connectivity index (χ2v) is 2.83. The van der Waals surface area contributed by atoms with Gasteiger partial charge in [-0.1, -0.05) is 30.3 Å². The van der Waals surface area contributed by atoms with Gasteiger partial charge >= 0.3 is 0 Å². The van der Waals surface area contributed by atoms with Gasteiger partial charge in [0, 0.05) is 6.54 Å². The van der Waals surface area contributed by atoms with Gasteiger partial charge in [0.1, 0.15) is 6.17 Å². The number of alkyl halides is 1. The topological polar surface area (TPSA) is 35.2 Å². The molecule has 0 aromatic heterocycles. The Hall–Kier alpha value is -0.930. The van der Waals surface area contributed by atoms with E-state index in [2.05, 4.69) is 0 Å². The van der Waals surface area contributed by atoms with Gasteiger partial charge in [0.05, 0.1) is 13.2 Å². The van der Waals surface area contributed by atoms with Gasteiger partial charge in [-0.05, 0) is 5.56 Å². The normalized spacial score (nSPS) is 12.8. The molecule has 0 radical (unpaired) electrons. The summed E-state index contributed by atoms with van der Waals surface area (Å²) in [5.74, 6) is 0. The first-order valence-corrected chi connectivity index (χ1v) is 4.28. The number of rotatable bonds is 5. The van der Waals surface area contributed by atoms with Gasteiger partial charge in [-0.2, -0.15) is 0 Å². The fourth-order valence-corrected chi connectivity index (χ4v) is 0.947. The molecule has 0 spiro atoms. The first kappa shape index (κ1) is 10.2. The zero-order chi connectivity index (χ0) is 9.52. The summed E-state index contributed by atoms with van der Waals surface area (Å²) in [7, 11) is 0. The number of hydrogen-bond acceptors (Lipinski definition) is 2. The predicted molar refractivity (Wildman–Crippen MR) is 50.0 cm³/mol. The Balaban J connectivity index is 2.20. The Bertz CT molecular complexity index is 228. The van der Waals surface area contributed by atoms with E-state index in [9.17, 15) is 4.39 Å². The quantitative estimate of drug-likeness (QED) is 0.750. The summed E-state index contributed by atoms with van der Waals surface area (Å²) in [5, 5.41) is 0. The molecule has 0 bridgehead atoms. The minimum absolute atomic E-state index is 0.0226. The smallest absolute Gasteiger partial charge is 0.135 e. The summed E-state index contributed by atoms with van der Waals surface area (Å²) in [6, 6.07) is 9.66. The molecule has 0 amide bonds. The highest BCUT2D eigenvalue weighted by Crippen LogP contribution is 2.01. The summed E-state index contributed by atoms with van der Waals surface area (Å²) < 4.78 is 17.7. The van der Waals surface area contributed by atoms with E-state index in [1.807, 2.05) is 30.3 Å². The first-order chi connectivity index (χ1) is 6.33. The number of benzene rings is 1. The highest BCUT2D eigenvalue weighted by molar-refractivity contribution is 5.13. The number of hydrogen-bond donors (Lipinski definition) is 1. The fourth-order valence-electron chi connectivity index (χ4n) is 0.947. The molecule has 0 aliphatic carbocycles. The Morgan fingerprint density at radius 3 is 2.62 bits per heavy atom. The highest BCUT2D eigenvalue weighted by atomic mass is 19.1. The molecular weight excluding hydrogens is 169 g/mol. The summed E-state index contributed by atoms with van der Waals surface area (Å²) in [5.41, 5.74) is 6.14. The third-order valence-electron chi connectivity index (χ3n) is 1.67. The van der Waals surface area contributed by atoms with E-state index in [0.717, 1.165) is 5.56 Å². The van der Waals surface area contributed by atoms with E-state index in [0.29, 0.717) is 6.61 Å². The molecule has 13 heavy (non-hydrogen) atoms. The molecule has 72 valence electrons. The Morgan fingerprint density at radius 2 is 2.00 bits per heavy atom. The molecule has 1 rings (SSSR count). The van der Waals surface area contributed by atoms with E-state index in [1.54, 1.807) is 0 Å². The summed E-state index contributed by atoms with van der Waals surface area (Å²) >= 11 is 0. The molecule has 3 heteroatoms. The molecule has 1 aromatic carbocycles. The maximum absolute atomic E-state index is 12.6. The molecule has 1 atom stereocenters. The Kier molecular flexibility index (Phi) is 4.43. The zero-order valence-electron chi connectivity index (χ0n) is 7.45. The average molecular weight is 183 g/mol. The molecule has 0 heterocycles. The molecular formula is C10H14FNO. The van der Waals surface area contributed by atoms with E-state index >= 15 is 0 Å². The van der Waals surface area contributed by atoms with Crippen molar-refractivity contribution in [1.82, 2.24) is 0 Å². The third-order valence-corrected chi connectivity index (χ3v) is 1.67. The molecule has 2 N–H and O–H groups in total. The van der Waals surface area contributed by atoms with Crippen LogP contribution in [0.1, 0.15) is 5.56 Å². The zero-order valence-corrected chi connectivity index (χ0v) is 7.45. The number of halogens is 1. The lowest BCUT2D eigenvalue weighted by molar-refractivity contribution is 0.0727. The molecule has 0 fully saturated rings. The van der Waals surface area contributed by atoms with E-state index in [1.165, 1.54) is 0 Å². The van der Waals surface area contributed by atoms with Crippen LogP contribution in [0.2, 0.25) is 0 Å². The molecule has 1 unspecified atom stereocenters. The molecule has 0 aliphatic rings. The number of ether oxygens (including phenoxy) is 1.